The minimum absolute atomic E-state index is 0.0406. The lowest BCUT2D eigenvalue weighted by Gasteiger charge is -2.05. The van der Waals surface area contributed by atoms with E-state index in [9.17, 15) is 4.79 Å². The highest BCUT2D eigenvalue weighted by molar-refractivity contribution is 6.17. The molecule has 0 N–H and O–H groups in total. The summed E-state index contributed by atoms with van der Waals surface area (Å²) >= 11 is 5.51. The summed E-state index contributed by atoms with van der Waals surface area (Å²) in [5, 5.41) is 0.479. The molecule has 0 spiro atoms. The monoisotopic (exact) mass is 286 g/mol. The van der Waals surface area contributed by atoms with Crippen molar-refractivity contribution in [3.05, 3.63) is 64.8 Å². The molecule has 4 heteroatoms. The Bertz CT molecular complexity index is 794. The van der Waals surface area contributed by atoms with E-state index in [0.717, 1.165) is 5.56 Å². The molecule has 0 radical (unpaired) electrons. The fraction of sp³-hybridized carbons (Fsp3) is 0.0625. The topological polar surface area (TPSA) is 39.4 Å². The predicted octanol–water partition coefficient (Wildman–Crippen LogP) is 4.04. The third-order valence-electron chi connectivity index (χ3n) is 2.98. The van der Waals surface area contributed by atoms with Gasteiger partial charge in [-0.05, 0) is 18.2 Å². The van der Waals surface area contributed by atoms with Crippen molar-refractivity contribution < 1.29 is 9.15 Å². The molecule has 0 amide bonds. The van der Waals surface area contributed by atoms with Crippen molar-refractivity contribution in [2.75, 3.05) is 6.07 Å². The molecule has 0 saturated heterocycles. The highest BCUT2D eigenvalue weighted by atomic mass is 35.5. The van der Waals surface area contributed by atoms with E-state index >= 15 is 0 Å². The fourth-order valence-electron chi connectivity index (χ4n) is 2.03. The van der Waals surface area contributed by atoms with Crippen LogP contribution in [0.2, 0.25) is 0 Å². The molecule has 3 nitrogen and oxygen atoms in total. The molecule has 3 rings (SSSR count). The zero-order valence-corrected chi connectivity index (χ0v) is 11.3. The van der Waals surface area contributed by atoms with Gasteiger partial charge < -0.3 is 9.15 Å². The lowest BCUT2D eigenvalue weighted by Crippen LogP contribution is -2.01. The Morgan fingerprint density at radius 2 is 1.85 bits per heavy atom. The van der Waals surface area contributed by atoms with E-state index in [1.165, 1.54) is 6.07 Å². The molecule has 1 aromatic heterocycles. The number of benzene rings is 2. The number of fused-ring (bicyclic) bond motifs is 1. The SMILES string of the molecule is O=c1cc(-c2ccccc2)oc2ccc(OCCl)cc12. The molecule has 0 saturated carbocycles. The van der Waals surface area contributed by atoms with E-state index in [1.807, 2.05) is 30.3 Å². The van der Waals surface area contributed by atoms with Crippen molar-refractivity contribution in [1.82, 2.24) is 0 Å². The number of halogens is 1. The molecule has 0 aliphatic carbocycles. The van der Waals surface area contributed by atoms with Crippen molar-refractivity contribution in [2.24, 2.45) is 0 Å². The zero-order chi connectivity index (χ0) is 13.9. The van der Waals surface area contributed by atoms with Gasteiger partial charge in [0, 0.05) is 11.6 Å². The van der Waals surface area contributed by atoms with Crippen LogP contribution in [0.25, 0.3) is 22.3 Å². The first-order valence-electron chi connectivity index (χ1n) is 6.10. The maximum Gasteiger partial charge on any atom is 0.193 e. The van der Waals surface area contributed by atoms with Crippen LogP contribution in [0, 0.1) is 0 Å². The van der Waals surface area contributed by atoms with E-state index in [-0.39, 0.29) is 11.5 Å². The van der Waals surface area contributed by atoms with Crippen molar-refractivity contribution >= 4 is 22.6 Å². The van der Waals surface area contributed by atoms with Crippen molar-refractivity contribution in [1.29, 1.82) is 0 Å². The lowest BCUT2D eigenvalue weighted by atomic mass is 10.1. The molecule has 0 fully saturated rings. The Balaban J connectivity index is 2.16. The van der Waals surface area contributed by atoms with Gasteiger partial charge >= 0.3 is 0 Å². The van der Waals surface area contributed by atoms with Crippen LogP contribution >= 0.6 is 11.6 Å². The molecular formula is C16H11ClO3. The molecule has 100 valence electrons. The summed E-state index contributed by atoms with van der Waals surface area (Å²) in [6.45, 7) is 0. The maximum absolute atomic E-state index is 12.2. The van der Waals surface area contributed by atoms with Gasteiger partial charge in [-0.2, -0.15) is 0 Å². The van der Waals surface area contributed by atoms with Crippen LogP contribution in [0.4, 0.5) is 0 Å². The smallest absolute Gasteiger partial charge is 0.193 e. The lowest BCUT2D eigenvalue weighted by molar-refractivity contribution is 0.388. The van der Waals surface area contributed by atoms with Crippen molar-refractivity contribution in [3.63, 3.8) is 0 Å². The first-order valence-corrected chi connectivity index (χ1v) is 6.63. The normalized spacial score (nSPS) is 10.7. The van der Waals surface area contributed by atoms with Gasteiger partial charge in [0.2, 0.25) is 0 Å². The van der Waals surface area contributed by atoms with Gasteiger partial charge in [-0.1, -0.05) is 41.9 Å². The van der Waals surface area contributed by atoms with Crippen molar-refractivity contribution in [2.45, 2.75) is 0 Å². The Morgan fingerprint density at radius 3 is 2.60 bits per heavy atom. The fourth-order valence-corrected chi connectivity index (χ4v) is 2.16. The average Bonchev–Trinajstić information content (AvgIpc) is 2.49. The summed E-state index contributed by atoms with van der Waals surface area (Å²) in [4.78, 5) is 12.2. The highest BCUT2D eigenvalue weighted by Gasteiger charge is 2.07. The molecule has 3 aromatic rings. The summed E-state index contributed by atoms with van der Waals surface area (Å²) in [5.74, 6) is 1.10. The van der Waals surface area contributed by atoms with E-state index in [1.54, 1.807) is 18.2 Å². The van der Waals surface area contributed by atoms with Crippen LogP contribution in [-0.4, -0.2) is 6.07 Å². The van der Waals surface area contributed by atoms with E-state index in [2.05, 4.69) is 0 Å². The van der Waals surface area contributed by atoms with Gasteiger partial charge in [0.25, 0.3) is 0 Å². The number of hydrogen-bond donors (Lipinski definition) is 0. The van der Waals surface area contributed by atoms with E-state index < -0.39 is 0 Å². The van der Waals surface area contributed by atoms with Gasteiger partial charge in [0.05, 0.1) is 5.39 Å². The van der Waals surface area contributed by atoms with Gasteiger partial charge in [0.1, 0.15) is 17.1 Å². The van der Waals surface area contributed by atoms with Crippen molar-refractivity contribution in [3.8, 4) is 17.1 Å². The second-order valence-electron chi connectivity index (χ2n) is 4.25. The Hall–Kier alpha value is -2.26. The first-order chi connectivity index (χ1) is 9.78. The van der Waals surface area contributed by atoms with Crippen LogP contribution in [-0.2, 0) is 0 Å². The number of rotatable bonds is 3. The van der Waals surface area contributed by atoms with Gasteiger partial charge in [-0.3, -0.25) is 4.79 Å². The summed E-state index contributed by atoms with van der Waals surface area (Å²) in [6, 6.07) is 16.1. The molecule has 0 atom stereocenters. The molecule has 0 bridgehead atoms. The van der Waals surface area contributed by atoms with Crippen LogP contribution in [0.15, 0.2) is 63.8 Å². The van der Waals surface area contributed by atoms with E-state index in [0.29, 0.717) is 22.5 Å². The molecule has 2 aromatic carbocycles. The zero-order valence-electron chi connectivity index (χ0n) is 10.5. The summed E-state index contributed by atoms with van der Waals surface area (Å²) in [6.07, 6.45) is 0. The molecule has 0 unspecified atom stereocenters. The molecule has 0 aliphatic heterocycles. The van der Waals surface area contributed by atoms with Crippen LogP contribution in [0.3, 0.4) is 0 Å². The standard InChI is InChI=1S/C16H11ClO3/c17-10-19-12-6-7-15-13(8-12)14(18)9-16(20-15)11-4-2-1-3-5-11/h1-9H,10H2. The molecule has 20 heavy (non-hydrogen) atoms. The molecule has 1 heterocycles. The molecule has 0 aliphatic rings. The second-order valence-corrected chi connectivity index (χ2v) is 4.47. The third kappa shape index (κ3) is 2.40. The average molecular weight is 287 g/mol. The van der Waals surface area contributed by atoms with Gasteiger partial charge in [-0.25, -0.2) is 0 Å². The maximum atomic E-state index is 12.2. The summed E-state index contributed by atoms with van der Waals surface area (Å²) < 4.78 is 10.9. The summed E-state index contributed by atoms with van der Waals surface area (Å²) in [7, 11) is 0. The molecular weight excluding hydrogens is 276 g/mol. The predicted molar refractivity (Wildman–Crippen MR) is 79.3 cm³/mol. The first kappa shape index (κ1) is 12.8. The minimum atomic E-state index is -0.106. The van der Waals surface area contributed by atoms with E-state index in [4.69, 9.17) is 20.8 Å². The Morgan fingerprint density at radius 1 is 1.05 bits per heavy atom. The van der Waals surface area contributed by atoms with Crippen LogP contribution in [0.1, 0.15) is 0 Å². The van der Waals surface area contributed by atoms with Gasteiger partial charge in [0.15, 0.2) is 11.5 Å². The van der Waals surface area contributed by atoms with Crippen LogP contribution < -0.4 is 10.2 Å². The van der Waals surface area contributed by atoms with Gasteiger partial charge in [-0.15, -0.1) is 0 Å². The van der Waals surface area contributed by atoms with Crippen LogP contribution in [0.5, 0.6) is 5.75 Å². The number of hydrogen-bond acceptors (Lipinski definition) is 3. The Kier molecular flexibility index (Phi) is 3.44. The number of ether oxygens (including phenoxy) is 1. The minimum Gasteiger partial charge on any atom is -0.478 e. The Labute approximate surface area is 120 Å². The highest BCUT2D eigenvalue weighted by Crippen LogP contribution is 2.24. The quantitative estimate of drug-likeness (QED) is 0.682. The summed E-state index contributed by atoms with van der Waals surface area (Å²) in [5.41, 5.74) is 1.29. The second kappa shape index (κ2) is 5.39. The number of alkyl halides is 1. The largest absolute Gasteiger partial charge is 0.478 e. The third-order valence-corrected chi connectivity index (χ3v) is 3.09.